The third-order valence-corrected chi connectivity index (χ3v) is 5.42. The Morgan fingerprint density at radius 3 is 2.48 bits per heavy atom. The standard InChI is InChI=1S/C18H25N3OS/c1-14(22)15-8-10-20(11-9-15)13-21-12-17(19(2)18(21)23)16-6-4-3-5-7-16/h3-7,12,14-15,22H,8-11,13H2,1-2H3. The number of imidazole rings is 1. The van der Waals surface area contributed by atoms with E-state index >= 15 is 0 Å². The Bertz CT molecular complexity index is 697. The van der Waals surface area contributed by atoms with Gasteiger partial charge in [-0.15, -0.1) is 0 Å². The van der Waals surface area contributed by atoms with Crippen molar-refractivity contribution in [3.63, 3.8) is 0 Å². The second-order valence-corrected chi connectivity index (χ2v) is 6.89. The van der Waals surface area contributed by atoms with E-state index in [4.69, 9.17) is 12.2 Å². The Balaban J connectivity index is 1.74. The number of likely N-dealkylation sites (tertiary alicyclic amines) is 1. The molecule has 2 aromatic rings. The highest BCUT2D eigenvalue weighted by Crippen LogP contribution is 2.23. The summed E-state index contributed by atoms with van der Waals surface area (Å²) in [5.74, 6) is 0.440. The summed E-state index contributed by atoms with van der Waals surface area (Å²) in [6.07, 6.45) is 4.08. The van der Waals surface area contributed by atoms with Crippen LogP contribution in [-0.4, -0.2) is 38.3 Å². The number of nitrogens with zero attached hydrogens (tertiary/aromatic N) is 3. The monoisotopic (exact) mass is 331 g/mol. The summed E-state index contributed by atoms with van der Waals surface area (Å²) in [6, 6.07) is 10.4. The molecule has 0 saturated carbocycles. The zero-order chi connectivity index (χ0) is 16.4. The predicted octanol–water partition coefficient (Wildman–Crippen LogP) is 3.27. The summed E-state index contributed by atoms with van der Waals surface area (Å²) in [5, 5.41) is 9.72. The number of rotatable bonds is 4. The highest BCUT2D eigenvalue weighted by atomic mass is 32.1. The van der Waals surface area contributed by atoms with Crippen molar-refractivity contribution in [1.29, 1.82) is 0 Å². The van der Waals surface area contributed by atoms with Crippen molar-refractivity contribution < 1.29 is 5.11 Å². The van der Waals surface area contributed by atoms with Crippen LogP contribution in [0, 0.1) is 10.7 Å². The van der Waals surface area contributed by atoms with Crippen LogP contribution in [0.4, 0.5) is 0 Å². The molecule has 1 aliphatic rings. The minimum absolute atomic E-state index is 0.194. The number of aliphatic hydroxyl groups is 1. The van der Waals surface area contributed by atoms with Crippen LogP contribution in [0.3, 0.4) is 0 Å². The number of piperidine rings is 1. The second-order valence-electron chi connectivity index (χ2n) is 6.53. The molecule has 1 saturated heterocycles. The lowest BCUT2D eigenvalue weighted by molar-refractivity contribution is 0.0610. The Morgan fingerprint density at radius 1 is 1.22 bits per heavy atom. The molecule has 2 heterocycles. The molecule has 1 aliphatic heterocycles. The van der Waals surface area contributed by atoms with E-state index in [1.807, 2.05) is 20.0 Å². The summed E-state index contributed by atoms with van der Waals surface area (Å²) < 4.78 is 5.08. The molecule has 1 fully saturated rings. The zero-order valence-corrected chi connectivity index (χ0v) is 14.7. The van der Waals surface area contributed by atoms with Crippen LogP contribution in [0.25, 0.3) is 11.3 Å². The predicted molar refractivity (Wildman–Crippen MR) is 95.7 cm³/mol. The van der Waals surface area contributed by atoms with Crippen LogP contribution < -0.4 is 0 Å². The third kappa shape index (κ3) is 3.57. The first-order chi connectivity index (χ1) is 11.1. The zero-order valence-electron chi connectivity index (χ0n) is 13.9. The third-order valence-electron chi connectivity index (χ3n) is 4.91. The van der Waals surface area contributed by atoms with E-state index in [2.05, 4.69) is 44.5 Å². The molecule has 0 spiro atoms. The summed E-state index contributed by atoms with van der Waals surface area (Å²) in [6.45, 7) is 4.77. The van der Waals surface area contributed by atoms with Crippen molar-refractivity contribution >= 4 is 12.2 Å². The summed E-state index contributed by atoms with van der Waals surface area (Å²) >= 11 is 5.61. The van der Waals surface area contributed by atoms with Gasteiger partial charge in [0.2, 0.25) is 0 Å². The average Bonchev–Trinajstić information content (AvgIpc) is 2.85. The van der Waals surface area contributed by atoms with Crippen LogP contribution in [-0.2, 0) is 13.7 Å². The molecule has 4 nitrogen and oxygen atoms in total. The van der Waals surface area contributed by atoms with Crippen LogP contribution in [0.1, 0.15) is 19.8 Å². The second kappa shape index (κ2) is 6.99. The molecule has 1 aromatic carbocycles. The van der Waals surface area contributed by atoms with Gasteiger partial charge in [-0.2, -0.15) is 0 Å². The molecule has 1 N–H and O–H groups in total. The van der Waals surface area contributed by atoms with Crippen molar-refractivity contribution in [2.45, 2.75) is 32.5 Å². The molecule has 3 rings (SSSR count). The van der Waals surface area contributed by atoms with E-state index in [-0.39, 0.29) is 6.10 Å². The van der Waals surface area contributed by atoms with Gasteiger partial charge in [0.05, 0.1) is 18.5 Å². The van der Waals surface area contributed by atoms with Gasteiger partial charge in [-0.3, -0.25) is 4.90 Å². The molecule has 23 heavy (non-hydrogen) atoms. The molecule has 1 atom stereocenters. The quantitative estimate of drug-likeness (QED) is 0.873. The first kappa shape index (κ1) is 16.4. The van der Waals surface area contributed by atoms with Gasteiger partial charge in [-0.05, 0) is 43.5 Å². The van der Waals surface area contributed by atoms with Gasteiger partial charge >= 0.3 is 0 Å². The minimum atomic E-state index is -0.194. The normalized spacial score (nSPS) is 18.2. The summed E-state index contributed by atoms with van der Waals surface area (Å²) in [7, 11) is 2.03. The number of hydrogen-bond acceptors (Lipinski definition) is 3. The van der Waals surface area contributed by atoms with Gasteiger partial charge in [0, 0.05) is 26.3 Å². The lowest BCUT2D eigenvalue weighted by Crippen LogP contribution is -2.37. The maximum atomic E-state index is 9.72. The smallest absolute Gasteiger partial charge is 0.181 e. The Hall–Kier alpha value is -1.43. The van der Waals surface area contributed by atoms with Gasteiger partial charge in [0.1, 0.15) is 0 Å². The Morgan fingerprint density at radius 2 is 1.87 bits per heavy atom. The van der Waals surface area contributed by atoms with Crippen LogP contribution >= 0.6 is 12.2 Å². The first-order valence-corrected chi connectivity index (χ1v) is 8.69. The maximum absolute atomic E-state index is 9.72. The molecule has 0 radical (unpaired) electrons. The fourth-order valence-corrected chi connectivity index (χ4v) is 3.56. The van der Waals surface area contributed by atoms with Crippen molar-refractivity contribution in [1.82, 2.24) is 14.0 Å². The van der Waals surface area contributed by atoms with Gasteiger partial charge in [-0.1, -0.05) is 30.3 Å². The fraction of sp³-hybridized carbons (Fsp3) is 0.500. The SMILES string of the molecule is CC(O)C1CCN(Cn2cc(-c3ccccc3)n(C)c2=S)CC1. The van der Waals surface area contributed by atoms with Crippen LogP contribution in [0.5, 0.6) is 0 Å². The lowest BCUT2D eigenvalue weighted by atomic mass is 9.92. The van der Waals surface area contributed by atoms with Gasteiger partial charge in [0.25, 0.3) is 0 Å². The van der Waals surface area contributed by atoms with Crippen molar-refractivity contribution in [3.05, 3.63) is 41.3 Å². The molecule has 1 unspecified atom stereocenters. The number of aromatic nitrogens is 2. The highest BCUT2D eigenvalue weighted by Gasteiger charge is 2.23. The molecule has 0 amide bonds. The van der Waals surface area contributed by atoms with Gasteiger partial charge < -0.3 is 14.2 Å². The number of aliphatic hydroxyl groups excluding tert-OH is 1. The average molecular weight is 331 g/mol. The molecular formula is C18H25N3OS. The van der Waals surface area contributed by atoms with Gasteiger partial charge in [0.15, 0.2) is 4.77 Å². The number of hydrogen-bond donors (Lipinski definition) is 1. The maximum Gasteiger partial charge on any atom is 0.181 e. The fourth-order valence-electron chi connectivity index (χ4n) is 3.36. The molecule has 0 aliphatic carbocycles. The molecule has 124 valence electrons. The Labute approximate surface area is 143 Å². The lowest BCUT2D eigenvalue weighted by Gasteiger charge is -2.33. The summed E-state index contributed by atoms with van der Waals surface area (Å²) in [5.41, 5.74) is 2.34. The number of benzene rings is 1. The minimum Gasteiger partial charge on any atom is -0.393 e. The molecule has 5 heteroatoms. The topological polar surface area (TPSA) is 33.3 Å². The van der Waals surface area contributed by atoms with Gasteiger partial charge in [-0.25, -0.2) is 0 Å². The van der Waals surface area contributed by atoms with Crippen LogP contribution in [0.15, 0.2) is 36.5 Å². The first-order valence-electron chi connectivity index (χ1n) is 8.28. The molecule has 1 aromatic heterocycles. The highest BCUT2D eigenvalue weighted by molar-refractivity contribution is 7.71. The van der Waals surface area contributed by atoms with E-state index in [1.165, 1.54) is 5.56 Å². The largest absolute Gasteiger partial charge is 0.393 e. The molecule has 0 bridgehead atoms. The Kier molecular flexibility index (Phi) is 4.99. The van der Waals surface area contributed by atoms with E-state index in [1.54, 1.807) is 0 Å². The summed E-state index contributed by atoms with van der Waals surface area (Å²) in [4.78, 5) is 2.42. The van der Waals surface area contributed by atoms with E-state index in [0.717, 1.165) is 43.1 Å². The van der Waals surface area contributed by atoms with E-state index < -0.39 is 0 Å². The van der Waals surface area contributed by atoms with Crippen molar-refractivity contribution in [3.8, 4) is 11.3 Å². The van der Waals surface area contributed by atoms with Crippen LogP contribution in [0.2, 0.25) is 0 Å². The van der Waals surface area contributed by atoms with Crippen molar-refractivity contribution in [2.24, 2.45) is 13.0 Å². The molecular weight excluding hydrogens is 306 g/mol. The van der Waals surface area contributed by atoms with E-state index in [9.17, 15) is 5.11 Å². The van der Waals surface area contributed by atoms with Crippen molar-refractivity contribution in [2.75, 3.05) is 13.1 Å². The van der Waals surface area contributed by atoms with E-state index in [0.29, 0.717) is 5.92 Å².